The third kappa shape index (κ3) is 4.39. The summed E-state index contributed by atoms with van der Waals surface area (Å²) < 4.78 is 0. The van der Waals surface area contributed by atoms with Crippen molar-refractivity contribution in [2.75, 3.05) is 13.1 Å². The molecule has 2 amide bonds. The number of nitrogens with one attached hydrogen (secondary N) is 1. The van der Waals surface area contributed by atoms with Crippen LogP contribution >= 0.6 is 0 Å². The summed E-state index contributed by atoms with van der Waals surface area (Å²) in [5, 5.41) is 2.88. The first kappa shape index (κ1) is 13.6. The van der Waals surface area contributed by atoms with Crippen LogP contribution in [0, 0.1) is 5.92 Å². The maximum Gasteiger partial charge on any atom is 0.223 e. The van der Waals surface area contributed by atoms with Gasteiger partial charge in [0.2, 0.25) is 11.8 Å². The number of carbonyl (C=O) groups is 2. The van der Waals surface area contributed by atoms with Gasteiger partial charge in [-0.15, -0.1) is 0 Å². The Morgan fingerprint density at radius 1 is 1.26 bits per heavy atom. The zero-order valence-electron chi connectivity index (χ0n) is 11.3. The number of rotatable bonds is 6. The van der Waals surface area contributed by atoms with Crippen LogP contribution < -0.4 is 5.32 Å². The molecular weight excluding hydrogens is 240 g/mol. The number of hydrogen-bond donors (Lipinski definition) is 1. The van der Waals surface area contributed by atoms with Crippen molar-refractivity contribution in [2.24, 2.45) is 5.92 Å². The number of benzene rings is 1. The van der Waals surface area contributed by atoms with Crippen LogP contribution in [0.4, 0.5) is 0 Å². The molecule has 0 heterocycles. The Bertz CT molecular complexity index is 441. The fourth-order valence-electron chi connectivity index (χ4n) is 1.96. The molecule has 0 spiro atoms. The van der Waals surface area contributed by atoms with Crippen LogP contribution in [0.3, 0.4) is 0 Å². The van der Waals surface area contributed by atoms with E-state index in [9.17, 15) is 9.59 Å². The van der Waals surface area contributed by atoms with Crippen molar-refractivity contribution in [3.05, 3.63) is 35.9 Å². The standard InChI is InChI=1S/C15H20N2O2/c1-12(18)17(11-13-5-3-2-4-6-13)10-9-16-15(19)14-7-8-14/h2-6,14H,7-11H2,1H3,(H,16,19). The van der Waals surface area contributed by atoms with E-state index in [0.717, 1.165) is 18.4 Å². The first-order chi connectivity index (χ1) is 9.16. The van der Waals surface area contributed by atoms with Gasteiger partial charge in [-0.3, -0.25) is 9.59 Å². The van der Waals surface area contributed by atoms with Crippen molar-refractivity contribution < 1.29 is 9.59 Å². The summed E-state index contributed by atoms with van der Waals surface area (Å²) >= 11 is 0. The lowest BCUT2D eigenvalue weighted by Crippen LogP contribution is -2.37. The molecular formula is C15H20N2O2. The number of amides is 2. The van der Waals surface area contributed by atoms with Crippen LogP contribution in [0.25, 0.3) is 0 Å². The average Bonchev–Trinajstić information content (AvgIpc) is 3.22. The lowest BCUT2D eigenvalue weighted by atomic mass is 10.2. The van der Waals surface area contributed by atoms with Crippen molar-refractivity contribution in [2.45, 2.75) is 26.3 Å². The minimum absolute atomic E-state index is 0.0320. The normalized spacial score (nSPS) is 13.9. The topological polar surface area (TPSA) is 49.4 Å². The smallest absolute Gasteiger partial charge is 0.223 e. The lowest BCUT2D eigenvalue weighted by molar-refractivity contribution is -0.130. The Morgan fingerprint density at radius 3 is 2.53 bits per heavy atom. The Hall–Kier alpha value is -1.84. The number of nitrogens with zero attached hydrogens (tertiary/aromatic N) is 1. The molecule has 0 saturated heterocycles. The van der Waals surface area contributed by atoms with Crippen LogP contribution in [0.1, 0.15) is 25.3 Å². The summed E-state index contributed by atoms with van der Waals surface area (Å²) in [5.74, 6) is 0.382. The van der Waals surface area contributed by atoms with Crippen LogP contribution in [0.2, 0.25) is 0 Å². The molecule has 0 aromatic heterocycles. The predicted octanol–water partition coefficient (Wildman–Crippen LogP) is 1.56. The van der Waals surface area contributed by atoms with Crippen LogP contribution in [-0.4, -0.2) is 29.8 Å². The molecule has 0 aliphatic heterocycles. The summed E-state index contributed by atoms with van der Waals surface area (Å²) in [6.07, 6.45) is 2.01. The molecule has 19 heavy (non-hydrogen) atoms. The highest BCUT2D eigenvalue weighted by molar-refractivity contribution is 5.80. The molecule has 1 aliphatic rings. The molecule has 1 aromatic rings. The molecule has 1 aliphatic carbocycles. The molecule has 4 heteroatoms. The van der Waals surface area contributed by atoms with Gasteiger partial charge in [-0.2, -0.15) is 0 Å². The van der Waals surface area contributed by atoms with E-state index in [0.29, 0.717) is 19.6 Å². The Labute approximate surface area is 113 Å². The van der Waals surface area contributed by atoms with E-state index in [4.69, 9.17) is 0 Å². The second-order valence-electron chi connectivity index (χ2n) is 4.99. The highest BCUT2D eigenvalue weighted by Crippen LogP contribution is 2.28. The van der Waals surface area contributed by atoms with Gasteiger partial charge in [0.05, 0.1) is 0 Å². The van der Waals surface area contributed by atoms with Crippen LogP contribution in [0.15, 0.2) is 30.3 Å². The summed E-state index contributed by atoms with van der Waals surface area (Å²) in [6, 6.07) is 9.87. The number of hydrogen-bond acceptors (Lipinski definition) is 2. The maximum atomic E-state index is 11.6. The first-order valence-electron chi connectivity index (χ1n) is 6.74. The zero-order chi connectivity index (χ0) is 13.7. The largest absolute Gasteiger partial charge is 0.354 e. The van der Waals surface area contributed by atoms with E-state index in [1.807, 2.05) is 30.3 Å². The molecule has 1 aromatic carbocycles. The van der Waals surface area contributed by atoms with Gasteiger partial charge >= 0.3 is 0 Å². The van der Waals surface area contributed by atoms with E-state index in [2.05, 4.69) is 5.32 Å². The minimum Gasteiger partial charge on any atom is -0.354 e. The Balaban J connectivity index is 1.79. The van der Waals surface area contributed by atoms with Gasteiger partial charge in [0.15, 0.2) is 0 Å². The van der Waals surface area contributed by atoms with Crippen molar-refractivity contribution in [1.29, 1.82) is 0 Å². The monoisotopic (exact) mass is 260 g/mol. The highest BCUT2D eigenvalue weighted by atomic mass is 16.2. The Kier molecular flexibility index (Phi) is 4.55. The maximum absolute atomic E-state index is 11.6. The molecule has 1 N–H and O–H groups in total. The number of carbonyl (C=O) groups excluding carboxylic acids is 2. The van der Waals surface area contributed by atoms with E-state index < -0.39 is 0 Å². The van der Waals surface area contributed by atoms with Crippen molar-refractivity contribution >= 4 is 11.8 Å². The average molecular weight is 260 g/mol. The lowest BCUT2D eigenvalue weighted by Gasteiger charge is -2.21. The molecule has 0 atom stereocenters. The summed E-state index contributed by atoms with van der Waals surface area (Å²) in [4.78, 5) is 24.8. The fourth-order valence-corrected chi connectivity index (χ4v) is 1.96. The van der Waals surface area contributed by atoms with Crippen molar-refractivity contribution in [3.63, 3.8) is 0 Å². The summed E-state index contributed by atoms with van der Waals surface area (Å²) in [7, 11) is 0. The van der Waals surface area contributed by atoms with E-state index in [-0.39, 0.29) is 17.7 Å². The first-order valence-corrected chi connectivity index (χ1v) is 6.74. The van der Waals surface area contributed by atoms with Gasteiger partial charge in [0.1, 0.15) is 0 Å². The minimum atomic E-state index is 0.0320. The summed E-state index contributed by atoms with van der Waals surface area (Å²) in [5.41, 5.74) is 1.10. The van der Waals surface area contributed by atoms with Crippen LogP contribution in [0.5, 0.6) is 0 Å². The van der Waals surface area contributed by atoms with Gasteiger partial charge in [-0.05, 0) is 18.4 Å². The van der Waals surface area contributed by atoms with Gasteiger partial charge in [-0.1, -0.05) is 30.3 Å². The van der Waals surface area contributed by atoms with E-state index in [1.54, 1.807) is 11.8 Å². The van der Waals surface area contributed by atoms with Crippen LogP contribution in [-0.2, 0) is 16.1 Å². The second kappa shape index (κ2) is 6.36. The van der Waals surface area contributed by atoms with Gasteiger partial charge in [0.25, 0.3) is 0 Å². The molecule has 2 rings (SSSR count). The quantitative estimate of drug-likeness (QED) is 0.844. The molecule has 4 nitrogen and oxygen atoms in total. The molecule has 1 fully saturated rings. The highest BCUT2D eigenvalue weighted by Gasteiger charge is 2.29. The predicted molar refractivity (Wildman–Crippen MR) is 73.3 cm³/mol. The second-order valence-corrected chi connectivity index (χ2v) is 4.99. The molecule has 0 unspecified atom stereocenters. The zero-order valence-corrected chi connectivity index (χ0v) is 11.3. The SMILES string of the molecule is CC(=O)N(CCNC(=O)C1CC1)Cc1ccccc1. The van der Waals surface area contributed by atoms with Gasteiger partial charge < -0.3 is 10.2 Å². The molecule has 0 bridgehead atoms. The van der Waals surface area contributed by atoms with Crippen molar-refractivity contribution in [1.82, 2.24) is 10.2 Å². The van der Waals surface area contributed by atoms with E-state index >= 15 is 0 Å². The summed E-state index contributed by atoms with van der Waals surface area (Å²) in [6.45, 7) is 3.24. The third-order valence-electron chi connectivity index (χ3n) is 3.29. The molecule has 102 valence electrons. The molecule has 1 saturated carbocycles. The molecule has 0 radical (unpaired) electrons. The Morgan fingerprint density at radius 2 is 1.95 bits per heavy atom. The van der Waals surface area contributed by atoms with E-state index in [1.165, 1.54) is 0 Å². The third-order valence-corrected chi connectivity index (χ3v) is 3.29. The van der Waals surface area contributed by atoms with Crippen molar-refractivity contribution in [3.8, 4) is 0 Å². The fraction of sp³-hybridized carbons (Fsp3) is 0.467. The van der Waals surface area contributed by atoms with Gasteiger partial charge in [0, 0.05) is 32.5 Å². The van der Waals surface area contributed by atoms with Gasteiger partial charge in [-0.25, -0.2) is 0 Å².